The van der Waals surface area contributed by atoms with Crippen molar-refractivity contribution in [2.24, 2.45) is 0 Å². The molecule has 0 bridgehead atoms. The Hall–Kier alpha value is -1.53. The summed E-state index contributed by atoms with van der Waals surface area (Å²) in [5.41, 5.74) is 5.94. The summed E-state index contributed by atoms with van der Waals surface area (Å²) in [5, 5.41) is 3.84. The lowest BCUT2D eigenvalue weighted by Gasteiger charge is -2.17. The summed E-state index contributed by atoms with van der Waals surface area (Å²) in [7, 11) is 0. The quantitative estimate of drug-likeness (QED) is 0.585. The molecule has 0 fully saturated rings. The highest BCUT2D eigenvalue weighted by Gasteiger charge is 2.15. The Morgan fingerprint density at radius 2 is 2.15 bits per heavy atom. The molecule has 0 saturated carbocycles. The average molecular weight is 316 g/mol. The number of aryl methyl sites for hydroxylation is 1. The number of thiocarbonyl (C=S) groups is 1. The van der Waals surface area contributed by atoms with Crippen LogP contribution < -0.4 is 20.9 Å². The Balaban J connectivity index is 2.51. The summed E-state index contributed by atoms with van der Waals surface area (Å²) in [5.74, 6) is 0.297. The Bertz CT molecular complexity index is 497. The van der Waals surface area contributed by atoms with E-state index in [2.05, 4.69) is 16.2 Å². The van der Waals surface area contributed by atoms with Crippen LogP contribution in [0.5, 0.6) is 5.75 Å². The Morgan fingerprint density at radius 1 is 1.45 bits per heavy atom. The summed E-state index contributed by atoms with van der Waals surface area (Å²) in [6, 6.07) is 5.23. The van der Waals surface area contributed by atoms with E-state index >= 15 is 0 Å². The van der Waals surface area contributed by atoms with Gasteiger partial charge < -0.3 is 10.1 Å². The number of hydrogen-bond donors (Lipinski definition) is 3. The molecule has 0 unspecified atom stereocenters. The molecule has 0 aliphatic rings. The van der Waals surface area contributed by atoms with Gasteiger partial charge in [-0.2, -0.15) is 0 Å². The van der Waals surface area contributed by atoms with E-state index in [1.165, 1.54) is 0 Å². The van der Waals surface area contributed by atoms with Crippen molar-refractivity contribution < 1.29 is 9.53 Å². The fourth-order valence-corrected chi connectivity index (χ4v) is 1.84. The van der Waals surface area contributed by atoms with E-state index in [1.54, 1.807) is 25.1 Å². The van der Waals surface area contributed by atoms with E-state index in [4.69, 9.17) is 28.6 Å². The zero-order valence-electron chi connectivity index (χ0n) is 11.6. The Kier molecular flexibility index (Phi) is 6.54. The first-order valence-corrected chi connectivity index (χ1v) is 6.99. The predicted octanol–water partition coefficient (Wildman–Crippen LogP) is 1.93. The fourth-order valence-electron chi connectivity index (χ4n) is 1.41. The summed E-state index contributed by atoms with van der Waals surface area (Å²) in [6.07, 6.45) is -0.660. The van der Waals surface area contributed by atoms with Crippen LogP contribution in [0.4, 0.5) is 0 Å². The van der Waals surface area contributed by atoms with E-state index in [0.717, 1.165) is 5.56 Å². The molecule has 0 aliphatic heterocycles. The summed E-state index contributed by atoms with van der Waals surface area (Å²) >= 11 is 10.8. The van der Waals surface area contributed by atoms with E-state index in [1.807, 2.05) is 13.8 Å². The van der Waals surface area contributed by atoms with Crippen LogP contribution in [0.2, 0.25) is 5.02 Å². The van der Waals surface area contributed by atoms with Gasteiger partial charge in [-0.15, -0.1) is 0 Å². The van der Waals surface area contributed by atoms with Gasteiger partial charge in [0.15, 0.2) is 11.2 Å². The maximum atomic E-state index is 11.8. The molecule has 1 aromatic rings. The van der Waals surface area contributed by atoms with Crippen LogP contribution in [0, 0.1) is 6.92 Å². The van der Waals surface area contributed by atoms with Crippen LogP contribution in [0.15, 0.2) is 18.2 Å². The molecule has 0 spiro atoms. The van der Waals surface area contributed by atoms with Crippen molar-refractivity contribution >= 4 is 34.8 Å². The highest BCUT2D eigenvalue weighted by Crippen LogP contribution is 2.22. The van der Waals surface area contributed by atoms with Gasteiger partial charge in [0.1, 0.15) is 5.75 Å². The second kappa shape index (κ2) is 7.91. The normalized spacial score (nSPS) is 11.4. The number of nitrogens with one attached hydrogen (secondary N) is 3. The summed E-state index contributed by atoms with van der Waals surface area (Å²) in [6.45, 7) is 6.11. The zero-order valence-corrected chi connectivity index (χ0v) is 13.2. The van der Waals surface area contributed by atoms with Gasteiger partial charge in [0.25, 0.3) is 5.91 Å². The maximum Gasteiger partial charge on any atom is 0.279 e. The Morgan fingerprint density at radius 3 is 2.75 bits per heavy atom. The molecule has 3 N–H and O–H groups in total. The van der Waals surface area contributed by atoms with Crippen LogP contribution in [-0.4, -0.2) is 23.7 Å². The third kappa shape index (κ3) is 5.22. The second-order valence-electron chi connectivity index (χ2n) is 4.14. The molecule has 1 amide bonds. The number of amides is 1. The smallest absolute Gasteiger partial charge is 0.279 e. The molecule has 20 heavy (non-hydrogen) atoms. The highest BCUT2D eigenvalue weighted by molar-refractivity contribution is 7.80. The van der Waals surface area contributed by atoms with Gasteiger partial charge in [0, 0.05) is 11.6 Å². The first-order valence-electron chi connectivity index (χ1n) is 6.20. The lowest BCUT2D eigenvalue weighted by molar-refractivity contribution is -0.127. The van der Waals surface area contributed by atoms with Gasteiger partial charge in [-0.25, -0.2) is 0 Å². The van der Waals surface area contributed by atoms with E-state index in [9.17, 15) is 4.79 Å². The van der Waals surface area contributed by atoms with Crippen LogP contribution in [0.3, 0.4) is 0 Å². The van der Waals surface area contributed by atoms with Crippen molar-refractivity contribution in [3.63, 3.8) is 0 Å². The minimum atomic E-state index is -0.660. The molecular formula is C13H18ClN3O2S. The molecule has 0 radical (unpaired) electrons. The van der Waals surface area contributed by atoms with Crippen molar-refractivity contribution in [2.75, 3.05) is 6.54 Å². The monoisotopic (exact) mass is 315 g/mol. The predicted molar refractivity (Wildman–Crippen MR) is 83.8 cm³/mol. The van der Waals surface area contributed by atoms with Crippen LogP contribution in [0.1, 0.15) is 19.4 Å². The van der Waals surface area contributed by atoms with Gasteiger partial charge in [-0.1, -0.05) is 11.6 Å². The van der Waals surface area contributed by atoms with Crippen LogP contribution >= 0.6 is 23.8 Å². The van der Waals surface area contributed by atoms with Gasteiger partial charge >= 0.3 is 0 Å². The zero-order chi connectivity index (χ0) is 15.1. The SMILES string of the molecule is CCNC(=S)NNC(=O)[C@@H](C)Oc1ccc(Cl)cc1C. The number of hydrogen-bond acceptors (Lipinski definition) is 3. The largest absolute Gasteiger partial charge is 0.481 e. The summed E-state index contributed by atoms with van der Waals surface area (Å²) in [4.78, 5) is 11.8. The van der Waals surface area contributed by atoms with Crippen molar-refractivity contribution in [1.29, 1.82) is 0 Å². The molecule has 7 heteroatoms. The van der Waals surface area contributed by atoms with Crippen LogP contribution in [0.25, 0.3) is 0 Å². The third-order valence-electron chi connectivity index (χ3n) is 2.45. The molecular weight excluding hydrogens is 298 g/mol. The standard InChI is InChI=1S/C13H18ClN3O2S/c1-4-15-13(20)17-16-12(18)9(3)19-11-6-5-10(14)7-8(11)2/h5-7,9H,4H2,1-3H3,(H,16,18)(H2,15,17,20)/t9-/m1/s1. The lowest BCUT2D eigenvalue weighted by atomic mass is 10.2. The van der Waals surface area contributed by atoms with Gasteiger partial charge in [0.05, 0.1) is 0 Å². The number of benzene rings is 1. The first kappa shape index (κ1) is 16.5. The number of halogens is 1. The van der Waals surface area contributed by atoms with Crippen molar-refractivity contribution in [3.8, 4) is 5.75 Å². The number of ether oxygens (including phenoxy) is 1. The molecule has 0 saturated heterocycles. The number of hydrazine groups is 1. The summed E-state index contributed by atoms with van der Waals surface area (Å²) < 4.78 is 5.58. The fraction of sp³-hybridized carbons (Fsp3) is 0.385. The minimum absolute atomic E-state index is 0.320. The highest BCUT2D eigenvalue weighted by atomic mass is 35.5. The second-order valence-corrected chi connectivity index (χ2v) is 4.99. The molecule has 1 aromatic carbocycles. The molecule has 1 rings (SSSR count). The average Bonchev–Trinajstić information content (AvgIpc) is 2.39. The van der Waals surface area contributed by atoms with Crippen molar-refractivity contribution in [1.82, 2.24) is 16.2 Å². The maximum absolute atomic E-state index is 11.8. The number of carbonyl (C=O) groups is 1. The first-order chi connectivity index (χ1) is 9.43. The number of rotatable bonds is 4. The third-order valence-corrected chi connectivity index (χ3v) is 2.93. The molecule has 0 aliphatic carbocycles. The molecule has 1 atom stereocenters. The van der Waals surface area contributed by atoms with Crippen molar-refractivity contribution in [2.45, 2.75) is 26.9 Å². The number of carbonyl (C=O) groups excluding carboxylic acids is 1. The van der Waals surface area contributed by atoms with E-state index in [0.29, 0.717) is 22.4 Å². The molecule has 5 nitrogen and oxygen atoms in total. The van der Waals surface area contributed by atoms with Crippen molar-refractivity contribution in [3.05, 3.63) is 28.8 Å². The minimum Gasteiger partial charge on any atom is -0.481 e. The molecule has 110 valence electrons. The molecule has 0 heterocycles. The molecule has 0 aromatic heterocycles. The lowest BCUT2D eigenvalue weighted by Crippen LogP contribution is -2.50. The Labute approximate surface area is 129 Å². The van der Waals surface area contributed by atoms with E-state index < -0.39 is 6.10 Å². The van der Waals surface area contributed by atoms with Gasteiger partial charge in [-0.05, 0) is 56.8 Å². The van der Waals surface area contributed by atoms with Gasteiger partial charge in [0.2, 0.25) is 0 Å². The van der Waals surface area contributed by atoms with E-state index in [-0.39, 0.29) is 5.91 Å². The van der Waals surface area contributed by atoms with Gasteiger partial charge in [-0.3, -0.25) is 15.6 Å². The van der Waals surface area contributed by atoms with Crippen LogP contribution in [-0.2, 0) is 4.79 Å². The topological polar surface area (TPSA) is 62.4 Å².